The smallest absolute Gasteiger partial charge is 0.191 e. The van der Waals surface area contributed by atoms with Gasteiger partial charge in [-0.2, -0.15) is 5.10 Å². The van der Waals surface area contributed by atoms with Crippen LogP contribution in [0.15, 0.2) is 41.8 Å². The number of anilines is 1. The average molecular weight is 282 g/mol. The van der Waals surface area contributed by atoms with Gasteiger partial charge in [-0.05, 0) is 29.5 Å². The highest BCUT2D eigenvalue weighted by Crippen LogP contribution is 2.35. The van der Waals surface area contributed by atoms with E-state index < -0.39 is 0 Å². The van der Waals surface area contributed by atoms with E-state index in [9.17, 15) is 0 Å². The van der Waals surface area contributed by atoms with Gasteiger partial charge in [-0.15, -0.1) is 11.3 Å². The van der Waals surface area contributed by atoms with Crippen molar-refractivity contribution in [3.63, 3.8) is 0 Å². The molecule has 20 heavy (non-hydrogen) atoms. The fourth-order valence-corrected chi connectivity index (χ4v) is 3.36. The monoisotopic (exact) mass is 282 g/mol. The van der Waals surface area contributed by atoms with E-state index in [0.717, 1.165) is 29.5 Å². The summed E-state index contributed by atoms with van der Waals surface area (Å²) < 4.78 is 0. The molecule has 0 bridgehead atoms. The van der Waals surface area contributed by atoms with E-state index >= 15 is 0 Å². The highest BCUT2D eigenvalue weighted by Gasteiger charge is 2.24. The standard InChI is InChI=1S/C15H14N4S/c1-2-5-12-10(4-1)11(7-8-16-12)14-17-15(19-18-14)13-6-3-9-20-13/h1-6,9,11,16H,7-8H2,(H,17,18,19). The normalized spacial score (nSPS) is 17.5. The number of H-pyrrole nitrogens is 1. The lowest BCUT2D eigenvalue weighted by molar-refractivity contribution is 0.678. The number of nitrogens with one attached hydrogen (secondary N) is 2. The number of thiophene rings is 1. The van der Waals surface area contributed by atoms with Crippen molar-refractivity contribution in [1.29, 1.82) is 0 Å². The minimum atomic E-state index is 0.300. The number of aromatic amines is 1. The summed E-state index contributed by atoms with van der Waals surface area (Å²) in [6.45, 7) is 0.969. The van der Waals surface area contributed by atoms with E-state index in [1.807, 2.05) is 17.5 Å². The summed E-state index contributed by atoms with van der Waals surface area (Å²) in [7, 11) is 0. The molecule has 3 heterocycles. The fraction of sp³-hybridized carbons (Fsp3) is 0.200. The van der Waals surface area contributed by atoms with Crippen LogP contribution in [0.1, 0.15) is 23.7 Å². The highest BCUT2D eigenvalue weighted by molar-refractivity contribution is 7.13. The van der Waals surface area contributed by atoms with Crippen LogP contribution in [0.4, 0.5) is 5.69 Å². The number of aromatic nitrogens is 3. The Morgan fingerprint density at radius 3 is 3.00 bits per heavy atom. The molecule has 2 aromatic heterocycles. The van der Waals surface area contributed by atoms with Crippen LogP contribution in [0.2, 0.25) is 0 Å². The number of fused-ring (bicyclic) bond motifs is 1. The highest BCUT2D eigenvalue weighted by atomic mass is 32.1. The molecule has 0 amide bonds. The summed E-state index contributed by atoms with van der Waals surface area (Å²) in [5.41, 5.74) is 2.51. The SMILES string of the molecule is c1csc(-c2n[nH]c(C3CCNc4ccccc43)n2)c1. The molecule has 4 rings (SSSR count). The molecular formula is C15H14N4S. The molecule has 0 radical (unpaired) electrons. The first-order chi connectivity index (χ1) is 9.92. The zero-order valence-corrected chi connectivity index (χ0v) is 11.7. The zero-order chi connectivity index (χ0) is 13.4. The largest absolute Gasteiger partial charge is 0.385 e. The maximum Gasteiger partial charge on any atom is 0.191 e. The number of hydrogen-bond donors (Lipinski definition) is 2. The predicted octanol–water partition coefficient (Wildman–Crippen LogP) is 3.48. The van der Waals surface area contributed by atoms with Crippen molar-refractivity contribution in [1.82, 2.24) is 15.2 Å². The Labute approximate surface area is 120 Å². The lowest BCUT2D eigenvalue weighted by Gasteiger charge is -2.24. The van der Waals surface area contributed by atoms with Gasteiger partial charge >= 0.3 is 0 Å². The van der Waals surface area contributed by atoms with Gasteiger partial charge in [-0.25, -0.2) is 4.98 Å². The Bertz CT molecular complexity index is 717. The Hall–Kier alpha value is -2.14. The number of benzene rings is 1. The Morgan fingerprint density at radius 1 is 1.15 bits per heavy atom. The molecule has 0 spiro atoms. The second-order valence-corrected chi connectivity index (χ2v) is 5.82. The molecule has 1 atom stereocenters. The van der Waals surface area contributed by atoms with E-state index in [2.05, 4.69) is 39.8 Å². The van der Waals surface area contributed by atoms with Crippen LogP contribution in [0.5, 0.6) is 0 Å². The van der Waals surface area contributed by atoms with E-state index in [4.69, 9.17) is 4.98 Å². The van der Waals surface area contributed by atoms with Gasteiger partial charge in [0, 0.05) is 18.2 Å². The first-order valence-electron chi connectivity index (χ1n) is 6.71. The molecule has 1 unspecified atom stereocenters. The summed E-state index contributed by atoms with van der Waals surface area (Å²) in [4.78, 5) is 5.80. The maximum absolute atomic E-state index is 4.69. The fourth-order valence-electron chi connectivity index (χ4n) is 2.70. The molecule has 4 nitrogen and oxygen atoms in total. The summed E-state index contributed by atoms with van der Waals surface area (Å²) in [6.07, 6.45) is 1.04. The van der Waals surface area contributed by atoms with Crippen molar-refractivity contribution in [3.8, 4) is 10.7 Å². The van der Waals surface area contributed by atoms with E-state index in [-0.39, 0.29) is 0 Å². The summed E-state index contributed by atoms with van der Waals surface area (Å²) in [6, 6.07) is 12.5. The number of rotatable bonds is 2. The third-order valence-electron chi connectivity index (χ3n) is 3.66. The van der Waals surface area contributed by atoms with Gasteiger partial charge in [0.2, 0.25) is 0 Å². The predicted molar refractivity (Wildman–Crippen MR) is 81.1 cm³/mol. The molecule has 0 saturated carbocycles. The molecule has 1 aliphatic rings. The third kappa shape index (κ3) is 1.91. The van der Waals surface area contributed by atoms with Crippen LogP contribution in [-0.4, -0.2) is 21.7 Å². The van der Waals surface area contributed by atoms with Crippen LogP contribution in [0.3, 0.4) is 0 Å². The molecule has 3 aromatic rings. The van der Waals surface area contributed by atoms with Crippen molar-refractivity contribution in [2.75, 3.05) is 11.9 Å². The summed E-state index contributed by atoms with van der Waals surface area (Å²) in [5.74, 6) is 2.06. The quantitative estimate of drug-likeness (QED) is 0.756. The molecule has 1 aromatic carbocycles. The maximum atomic E-state index is 4.69. The lowest BCUT2D eigenvalue weighted by Crippen LogP contribution is -2.18. The van der Waals surface area contributed by atoms with Crippen LogP contribution < -0.4 is 5.32 Å². The molecule has 2 N–H and O–H groups in total. The van der Waals surface area contributed by atoms with E-state index in [1.54, 1.807) is 11.3 Å². The van der Waals surface area contributed by atoms with Gasteiger partial charge in [0.05, 0.1) is 4.88 Å². The molecular weight excluding hydrogens is 268 g/mol. The first kappa shape index (κ1) is 11.7. The van der Waals surface area contributed by atoms with Crippen molar-refractivity contribution < 1.29 is 0 Å². The molecule has 0 fully saturated rings. The topological polar surface area (TPSA) is 53.6 Å². The Kier molecular flexibility index (Phi) is 2.77. The van der Waals surface area contributed by atoms with Crippen molar-refractivity contribution >= 4 is 17.0 Å². The van der Waals surface area contributed by atoms with Crippen molar-refractivity contribution in [2.24, 2.45) is 0 Å². The van der Waals surface area contributed by atoms with Gasteiger partial charge in [0.1, 0.15) is 5.82 Å². The molecule has 0 aliphatic carbocycles. The minimum Gasteiger partial charge on any atom is -0.385 e. The van der Waals surface area contributed by atoms with Crippen LogP contribution in [0, 0.1) is 0 Å². The molecule has 5 heteroatoms. The Morgan fingerprint density at radius 2 is 2.10 bits per heavy atom. The number of para-hydroxylation sites is 1. The van der Waals surface area contributed by atoms with Crippen LogP contribution in [-0.2, 0) is 0 Å². The zero-order valence-electron chi connectivity index (χ0n) is 10.8. The van der Waals surface area contributed by atoms with Crippen molar-refractivity contribution in [2.45, 2.75) is 12.3 Å². The van der Waals surface area contributed by atoms with Gasteiger partial charge < -0.3 is 5.32 Å². The molecule has 100 valence electrons. The second-order valence-electron chi connectivity index (χ2n) is 4.88. The van der Waals surface area contributed by atoms with Crippen LogP contribution >= 0.6 is 11.3 Å². The number of hydrogen-bond acceptors (Lipinski definition) is 4. The van der Waals surface area contributed by atoms with Gasteiger partial charge in [0.25, 0.3) is 0 Å². The van der Waals surface area contributed by atoms with E-state index in [1.165, 1.54) is 11.3 Å². The first-order valence-corrected chi connectivity index (χ1v) is 7.59. The van der Waals surface area contributed by atoms with Gasteiger partial charge in [-0.3, -0.25) is 5.10 Å². The van der Waals surface area contributed by atoms with E-state index in [0.29, 0.717) is 5.92 Å². The molecule has 1 aliphatic heterocycles. The minimum absolute atomic E-state index is 0.300. The summed E-state index contributed by atoms with van der Waals surface area (Å²) >= 11 is 1.66. The van der Waals surface area contributed by atoms with Crippen LogP contribution in [0.25, 0.3) is 10.7 Å². The van der Waals surface area contributed by atoms with Crippen molar-refractivity contribution in [3.05, 3.63) is 53.2 Å². The number of nitrogens with zero attached hydrogens (tertiary/aromatic N) is 2. The van der Waals surface area contributed by atoms with Gasteiger partial charge in [-0.1, -0.05) is 24.3 Å². The third-order valence-corrected chi connectivity index (χ3v) is 4.52. The Balaban J connectivity index is 1.72. The van der Waals surface area contributed by atoms with Gasteiger partial charge in [0.15, 0.2) is 5.82 Å². The second kappa shape index (κ2) is 4.76. The molecule has 0 saturated heterocycles. The lowest BCUT2D eigenvalue weighted by atomic mass is 9.90. The summed E-state index contributed by atoms with van der Waals surface area (Å²) in [5, 5.41) is 13.0. The average Bonchev–Trinajstić information content (AvgIpc) is 3.17.